The number of carbonyl (C=O) groups excluding carboxylic acids is 1. The highest BCUT2D eigenvalue weighted by Gasteiger charge is 2.35. The van der Waals surface area contributed by atoms with Gasteiger partial charge >= 0.3 is 0 Å². The first-order chi connectivity index (χ1) is 14.0. The summed E-state index contributed by atoms with van der Waals surface area (Å²) in [6.45, 7) is 2.24. The van der Waals surface area contributed by atoms with E-state index in [1.54, 1.807) is 9.58 Å². The zero-order valence-corrected chi connectivity index (χ0v) is 16.9. The van der Waals surface area contributed by atoms with Crippen molar-refractivity contribution in [3.05, 3.63) is 66.5 Å². The zero-order chi connectivity index (χ0) is 20.4. The molecule has 0 spiro atoms. The number of sulfone groups is 1. The lowest BCUT2D eigenvalue weighted by Gasteiger charge is -2.25. The molecule has 0 aliphatic carbocycles. The number of hydrogen-bond acceptors (Lipinski definition) is 5. The molecule has 1 aliphatic rings. The molecule has 1 atom stereocenters. The molecule has 4 rings (SSSR count). The Morgan fingerprint density at radius 1 is 1.10 bits per heavy atom. The van der Waals surface area contributed by atoms with E-state index in [0.29, 0.717) is 18.8 Å². The molecular weight excluding hydrogens is 388 g/mol. The lowest BCUT2D eigenvalue weighted by Crippen LogP contribution is -2.41. The summed E-state index contributed by atoms with van der Waals surface area (Å²) in [5.41, 5.74) is 1.64. The summed E-state index contributed by atoms with van der Waals surface area (Å²) in [6, 6.07) is 18.7. The van der Waals surface area contributed by atoms with Crippen LogP contribution in [-0.2, 0) is 9.84 Å². The van der Waals surface area contributed by atoms with Crippen LogP contribution in [0.2, 0.25) is 0 Å². The first kappa shape index (κ1) is 19.3. The van der Waals surface area contributed by atoms with Gasteiger partial charge in [0.05, 0.1) is 17.2 Å². The Bertz CT molecular complexity index is 1050. The second-order valence-electron chi connectivity index (χ2n) is 7.02. The average molecular weight is 410 g/mol. The van der Waals surface area contributed by atoms with Gasteiger partial charge in [0.1, 0.15) is 0 Å². The van der Waals surface area contributed by atoms with Crippen LogP contribution in [-0.4, -0.2) is 58.1 Å². The number of amides is 1. The van der Waals surface area contributed by atoms with Gasteiger partial charge in [0.15, 0.2) is 15.7 Å². The van der Waals surface area contributed by atoms with E-state index < -0.39 is 9.84 Å². The molecule has 8 heteroatoms. The molecule has 2 aromatic carbocycles. The van der Waals surface area contributed by atoms with E-state index in [4.69, 9.17) is 0 Å². The van der Waals surface area contributed by atoms with E-state index in [0.717, 1.165) is 11.3 Å². The van der Waals surface area contributed by atoms with Crippen LogP contribution in [0.5, 0.6) is 0 Å². The van der Waals surface area contributed by atoms with Crippen LogP contribution in [0.15, 0.2) is 60.7 Å². The number of carbonyl (C=O) groups is 1. The average Bonchev–Trinajstić information content (AvgIpc) is 3.33. The first-order valence-electron chi connectivity index (χ1n) is 9.58. The summed E-state index contributed by atoms with van der Waals surface area (Å²) in [5.74, 6) is 0.399. The highest BCUT2D eigenvalue weighted by atomic mass is 32.2. The molecular formula is C21H22N4O3S. The summed E-state index contributed by atoms with van der Waals surface area (Å²) >= 11 is 0. The van der Waals surface area contributed by atoms with Gasteiger partial charge in [0.2, 0.25) is 5.82 Å². The highest BCUT2D eigenvalue weighted by molar-refractivity contribution is 7.91. The molecule has 0 saturated carbocycles. The molecule has 29 heavy (non-hydrogen) atoms. The fraction of sp³-hybridized carbons (Fsp3) is 0.286. The lowest BCUT2D eigenvalue weighted by atomic mass is 10.2. The third kappa shape index (κ3) is 3.93. The van der Waals surface area contributed by atoms with Crippen molar-refractivity contribution in [1.82, 2.24) is 19.7 Å². The smallest absolute Gasteiger partial charge is 0.293 e. The third-order valence-corrected chi connectivity index (χ3v) is 6.83. The van der Waals surface area contributed by atoms with Gasteiger partial charge in [-0.05, 0) is 25.5 Å². The van der Waals surface area contributed by atoms with Crippen LogP contribution in [0.25, 0.3) is 17.1 Å². The monoisotopic (exact) mass is 410 g/mol. The van der Waals surface area contributed by atoms with Crippen LogP contribution in [0.1, 0.15) is 24.0 Å². The fourth-order valence-electron chi connectivity index (χ4n) is 3.64. The minimum Gasteiger partial charge on any atom is -0.332 e. The zero-order valence-electron chi connectivity index (χ0n) is 16.1. The van der Waals surface area contributed by atoms with Crippen LogP contribution in [0, 0.1) is 0 Å². The van der Waals surface area contributed by atoms with Gasteiger partial charge in [0.25, 0.3) is 5.91 Å². The second-order valence-corrected chi connectivity index (χ2v) is 9.25. The van der Waals surface area contributed by atoms with Crippen molar-refractivity contribution in [3.8, 4) is 17.1 Å². The molecule has 7 nitrogen and oxygen atoms in total. The molecule has 0 radical (unpaired) electrons. The minimum absolute atomic E-state index is 0.00246. The normalized spacial score (nSPS) is 17.9. The largest absolute Gasteiger partial charge is 0.332 e. The number of hydrogen-bond donors (Lipinski definition) is 0. The Hall–Kier alpha value is -3.00. The number of nitrogens with zero attached hydrogens (tertiary/aromatic N) is 4. The van der Waals surface area contributed by atoms with Gasteiger partial charge in [0, 0.05) is 18.2 Å². The van der Waals surface area contributed by atoms with E-state index in [2.05, 4.69) is 10.1 Å². The number of aromatic nitrogens is 3. The summed E-state index contributed by atoms with van der Waals surface area (Å²) in [6.07, 6.45) is 0.451. The third-order valence-electron chi connectivity index (χ3n) is 5.08. The Morgan fingerprint density at radius 3 is 2.34 bits per heavy atom. The highest BCUT2D eigenvalue weighted by Crippen LogP contribution is 2.23. The van der Waals surface area contributed by atoms with Crippen molar-refractivity contribution in [2.24, 2.45) is 0 Å². The molecule has 1 aromatic heterocycles. The predicted molar refractivity (Wildman–Crippen MR) is 111 cm³/mol. The summed E-state index contributed by atoms with van der Waals surface area (Å²) in [4.78, 5) is 19.3. The quantitative estimate of drug-likeness (QED) is 0.645. The van der Waals surface area contributed by atoms with Gasteiger partial charge in [-0.1, -0.05) is 48.5 Å². The molecule has 0 bridgehead atoms. The number of rotatable bonds is 5. The maximum absolute atomic E-state index is 13.2. The first-order valence-corrected chi connectivity index (χ1v) is 11.4. The summed E-state index contributed by atoms with van der Waals surface area (Å²) in [7, 11) is -3.10. The van der Waals surface area contributed by atoms with E-state index in [1.165, 1.54) is 0 Å². The molecule has 1 amide bonds. The van der Waals surface area contributed by atoms with Crippen molar-refractivity contribution in [1.29, 1.82) is 0 Å². The Labute approximate surface area is 169 Å². The molecule has 1 saturated heterocycles. The molecule has 2 heterocycles. The molecule has 3 aromatic rings. The Balaban J connectivity index is 1.74. The van der Waals surface area contributed by atoms with Crippen LogP contribution in [0.3, 0.4) is 0 Å². The van der Waals surface area contributed by atoms with Gasteiger partial charge < -0.3 is 4.90 Å². The maximum atomic E-state index is 13.2. The molecule has 1 fully saturated rings. The van der Waals surface area contributed by atoms with Gasteiger partial charge in [-0.25, -0.2) is 18.1 Å². The van der Waals surface area contributed by atoms with Crippen molar-refractivity contribution < 1.29 is 13.2 Å². The topological polar surface area (TPSA) is 85.2 Å². The molecule has 1 aliphatic heterocycles. The number of para-hydroxylation sites is 1. The summed E-state index contributed by atoms with van der Waals surface area (Å²) < 4.78 is 25.4. The Morgan fingerprint density at radius 2 is 1.76 bits per heavy atom. The van der Waals surface area contributed by atoms with Crippen molar-refractivity contribution in [2.45, 2.75) is 19.4 Å². The van der Waals surface area contributed by atoms with Gasteiger partial charge in [-0.15, -0.1) is 5.10 Å². The predicted octanol–water partition coefficient (Wildman–Crippen LogP) is 2.58. The molecule has 0 N–H and O–H groups in total. The van der Waals surface area contributed by atoms with E-state index >= 15 is 0 Å². The Kier molecular flexibility index (Phi) is 5.19. The lowest BCUT2D eigenvalue weighted by molar-refractivity contribution is 0.0696. The standard InChI is InChI=1S/C21H22N4O3S/c1-2-24(18-13-14-29(27,28)15-18)21(26)19-22-20(16-9-5-3-6-10-16)25(23-19)17-11-7-4-8-12-17/h3-12,18H,2,13-15H2,1H3. The van der Waals surface area contributed by atoms with Crippen LogP contribution < -0.4 is 0 Å². The van der Waals surface area contributed by atoms with Crippen LogP contribution in [0.4, 0.5) is 0 Å². The van der Waals surface area contributed by atoms with Crippen molar-refractivity contribution in [3.63, 3.8) is 0 Å². The van der Waals surface area contributed by atoms with Crippen LogP contribution >= 0.6 is 0 Å². The van der Waals surface area contributed by atoms with Gasteiger partial charge in [-0.3, -0.25) is 4.79 Å². The molecule has 1 unspecified atom stereocenters. The molecule has 150 valence electrons. The number of benzene rings is 2. The summed E-state index contributed by atoms with van der Waals surface area (Å²) in [5, 5.41) is 4.50. The van der Waals surface area contributed by atoms with Crippen molar-refractivity contribution in [2.75, 3.05) is 18.1 Å². The fourth-order valence-corrected chi connectivity index (χ4v) is 5.37. The second kappa shape index (κ2) is 7.79. The van der Waals surface area contributed by atoms with E-state index in [-0.39, 0.29) is 29.3 Å². The van der Waals surface area contributed by atoms with E-state index in [9.17, 15) is 13.2 Å². The van der Waals surface area contributed by atoms with E-state index in [1.807, 2.05) is 67.6 Å². The SMILES string of the molecule is CCN(C(=O)c1nc(-c2ccccc2)n(-c2ccccc2)n1)C1CCS(=O)(=O)C1. The van der Waals surface area contributed by atoms with Gasteiger partial charge in [-0.2, -0.15) is 0 Å². The maximum Gasteiger partial charge on any atom is 0.293 e. The van der Waals surface area contributed by atoms with Crippen molar-refractivity contribution >= 4 is 15.7 Å². The minimum atomic E-state index is -3.10.